The monoisotopic (exact) mass is 519 g/mol. The number of amides is 3. The smallest absolute Gasteiger partial charge is 0.328 e. The fourth-order valence-corrected chi connectivity index (χ4v) is 3.84. The third kappa shape index (κ3) is 10.9. The Morgan fingerprint density at radius 3 is 1.92 bits per heavy atom. The predicted octanol–water partition coefficient (Wildman–Crippen LogP) is 2.92. The van der Waals surface area contributed by atoms with Crippen LogP contribution in [0.25, 0.3) is 0 Å². The molecule has 9 nitrogen and oxygen atoms in total. The first-order valence-electron chi connectivity index (χ1n) is 13.0. The molecule has 37 heavy (non-hydrogen) atoms. The molecule has 0 radical (unpaired) electrons. The number of rotatable bonds is 14. The lowest BCUT2D eigenvalue weighted by Gasteiger charge is -2.27. The van der Waals surface area contributed by atoms with E-state index in [2.05, 4.69) is 16.0 Å². The van der Waals surface area contributed by atoms with E-state index in [1.807, 2.05) is 27.7 Å². The molecule has 1 aromatic rings. The predicted molar refractivity (Wildman–Crippen MR) is 143 cm³/mol. The second kappa shape index (κ2) is 15.3. The third-order valence-corrected chi connectivity index (χ3v) is 6.03. The molecule has 9 heteroatoms. The van der Waals surface area contributed by atoms with Crippen molar-refractivity contribution in [1.82, 2.24) is 16.0 Å². The van der Waals surface area contributed by atoms with Crippen LogP contribution in [0, 0.1) is 23.7 Å². The first-order chi connectivity index (χ1) is 17.3. The lowest BCUT2D eigenvalue weighted by Crippen LogP contribution is -2.46. The molecule has 4 N–H and O–H groups in total. The van der Waals surface area contributed by atoms with Gasteiger partial charge in [-0.1, -0.05) is 54.5 Å². The van der Waals surface area contributed by atoms with E-state index in [0.717, 1.165) is 0 Å². The quantitative estimate of drug-likeness (QED) is 0.279. The summed E-state index contributed by atoms with van der Waals surface area (Å²) in [5.74, 6) is -1.71. The lowest BCUT2D eigenvalue weighted by molar-refractivity contribution is -0.144. The van der Waals surface area contributed by atoms with Crippen LogP contribution >= 0.6 is 0 Å². The first-order valence-corrected chi connectivity index (χ1v) is 13.0. The van der Waals surface area contributed by atoms with Crippen LogP contribution in [0.3, 0.4) is 0 Å². The molecule has 1 aromatic carbocycles. The van der Waals surface area contributed by atoms with E-state index in [4.69, 9.17) is 4.74 Å². The molecular weight excluding hydrogens is 474 g/mol. The number of aliphatic hydroxyl groups is 1. The van der Waals surface area contributed by atoms with Gasteiger partial charge in [-0.25, -0.2) is 4.79 Å². The number of hydrogen-bond acceptors (Lipinski definition) is 6. The van der Waals surface area contributed by atoms with Crippen LogP contribution in [0.15, 0.2) is 24.3 Å². The van der Waals surface area contributed by atoms with Crippen LogP contribution in [0.2, 0.25) is 0 Å². The number of ether oxygens (including phenoxy) is 1. The number of nitrogens with one attached hydrogen (secondary N) is 3. The molecular formula is C28H45N3O6. The number of carbonyl (C=O) groups excluding carboxylic acids is 4. The van der Waals surface area contributed by atoms with Gasteiger partial charge in [0, 0.05) is 23.6 Å². The highest BCUT2D eigenvalue weighted by Crippen LogP contribution is 2.17. The van der Waals surface area contributed by atoms with Gasteiger partial charge in [0.25, 0.3) is 11.8 Å². The molecule has 0 aliphatic carbocycles. The van der Waals surface area contributed by atoms with Crippen LogP contribution in [0.4, 0.5) is 0 Å². The third-order valence-electron chi connectivity index (χ3n) is 6.03. The number of esters is 1. The van der Waals surface area contributed by atoms with E-state index < -0.39 is 41.9 Å². The second-order valence-corrected chi connectivity index (χ2v) is 10.9. The normalized spacial score (nSPS) is 14.6. The standard InChI is InChI=1S/C28H45N3O6/c1-16(2)12-22(23(32)13-19(7)25(33)29-15-17(3)4)30-26(34)20-10-9-11-21(14-20)27(35)31-24(18(5)6)28(36)37-8/h9-11,14,16-19,22-24,32H,12-13,15H2,1-8H3,(H,29,33)(H,30,34)(H,31,35)/t19-,22+,23?,24+/m1/s1. The van der Waals surface area contributed by atoms with Crippen molar-refractivity contribution in [2.24, 2.45) is 23.7 Å². The lowest BCUT2D eigenvalue weighted by atomic mass is 9.92. The van der Waals surface area contributed by atoms with Crippen molar-refractivity contribution in [2.75, 3.05) is 13.7 Å². The van der Waals surface area contributed by atoms with Gasteiger partial charge in [-0.3, -0.25) is 14.4 Å². The summed E-state index contributed by atoms with van der Waals surface area (Å²) in [5.41, 5.74) is 0.467. The molecule has 0 aliphatic rings. The molecule has 0 aromatic heterocycles. The minimum absolute atomic E-state index is 0.132. The maximum absolute atomic E-state index is 13.1. The molecule has 0 bridgehead atoms. The summed E-state index contributed by atoms with van der Waals surface area (Å²) in [6, 6.07) is 4.77. The Balaban J connectivity index is 2.96. The van der Waals surface area contributed by atoms with E-state index in [1.165, 1.54) is 13.2 Å². The van der Waals surface area contributed by atoms with E-state index in [1.54, 1.807) is 39.0 Å². The van der Waals surface area contributed by atoms with Crippen molar-refractivity contribution in [1.29, 1.82) is 0 Å². The Labute approximate surface area is 221 Å². The average Bonchev–Trinajstić information content (AvgIpc) is 2.84. The fourth-order valence-electron chi connectivity index (χ4n) is 3.84. The maximum atomic E-state index is 13.1. The van der Waals surface area contributed by atoms with E-state index >= 15 is 0 Å². The van der Waals surface area contributed by atoms with E-state index in [9.17, 15) is 24.3 Å². The first kappa shape index (κ1) is 32.1. The van der Waals surface area contributed by atoms with Crippen molar-refractivity contribution in [2.45, 2.75) is 79.5 Å². The van der Waals surface area contributed by atoms with Gasteiger partial charge in [0.05, 0.1) is 19.3 Å². The van der Waals surface area contributed by atoms with Gasteiger partial charge in [0.2, 0.25) is 5.91 Å². The Bertz CT molecular complexity index is 915. The highest BCUT2D eigenvalue weighted by atomic mass is 16.5. The van der Waals surface area contributed by atoms with Gasteiger partial charge in [0.15, 0.2) is 0 Å². The molecule has 0 saturated heterocycles. The van der Waals surface area contributed by atoms with Crippen LogP contribution in [0.1, 0.15) is 82.0 Å². The average molecular weight is 520 g/mol. The van der Waals surface area contributed by atoms with Gasteiger partial charge in [0.1, 0.15) is 6.04 Å². The highest BCUT2D eigenvalue weighted by molar-refractivity contribution is 6.01. The van der Waals surface area contributed by atoms with E-state index in [-0.39, 0.29) is 35.3 Å². The van der Waals surface area contributed by atoms with Crippen molar-refractivity contribution in [3.63, 3.8) is 0 Å². The molecule has 0 aliphatic heterocycles. The van der Waals surface area contributed by atoms with Crippen molar-refractivity contribution >= 4 is 23.7 Å². The Morgan fingerprint density at radius 1 is 0.865 bits per heavy atom. The maximum Gasteiger partial charge on any atom is 0.328 e. The molecule has 1 rings (SSSR count). The Hall–Kier alpha value is -2.94. The Morgan fingerprint density at radius 2 is 1.43 bits per heavy atom. The summed E-state index contributed by atoms with van der Waals surface area (Å²) in [5, 5.41) is 19.3. The fraction of sp³-hybridized carbons (Fsp3) is 0.643. The number of aliphatic hydroxyl groups excluding tert-OH is 1. The number of hydrogen-bond donors (Lipinski definition) is 4. The van der Waals surface area contributed by atoms with Gasteiger partial charge >= 0.3 is 5.97 Å². The summed E-state index contributed by atoms with van der Waals surface area (Å²) < 4.78 is 4.77. The largest absolute Gasteiger partial charge is 0.467 e. The minimum atomic E-state index is -0.926. The molecule has 4 atom stereocenters. The van der Waals surface area contributed by atoms with Gasteiger partial charge in [-0.15, -0.1) is 0 Å². The van der Waals surface area contributed by atoms with Gasteiger partial charge in [-0.2, -0.15) is 0 Å². The highest BCUT2D eigenvalue weighted by Gasteiger charge is 2.28. The van der Waals surface area contributed by atoms with Crippen molar-refractivity contribution in [3.05, 3.63) is 35.4 Å². The van der Waals surface area contributed by atoms with Gasteiger partial charge < -0.3 is 25.8 Å². The van der Waals surface area contributed by atoms with Gasteiger partial charge in [-0.05, 0) is 48.8 Å². The van der Waals surface area contributed by atoms with Crippen molar-refractivity contribution < 1.29 is 29.0 Å². The molecule has 0 heterocycles. The summed E-state index contributed by atoms with van der Waals surface area (Å²) in [7, 11) is 1.26. The van der Waals surface area contributed by atoms with Crippen LogP contribution in [-0.4, -0.2) is 60.6 Å². The molecule has 0 fully saturated rings. The van der Waals surface area contributed by atoms with E-state index in [0.29, 0.717) is 18.9 Å². The summed E-state index contributed by atoms with van der Waals surface area (Å²) in [4.78, 5) is 50.3. The molecule has 208 valence electrons. The zero-order valence-electron chi connectivity index (χ0n) is 23.5. The van der Waals surface area contributed by atoms with Crippen LogP contribution < -0.4 is 16.0 Å². The SMILES string of the molecule is COC(=O)[C@@H](NC(=O)c1cccc(C(=O)N[C@@H](CC(C)C)C(O)C[C@@H](C)C(=O)NCC(C)C)c1)C(C)C. The molecule has 0 saturated carbocycles. The second-order valence-electron chi connectivity index (χ2n) is 10.9. The number of benzene rings is 1. The summed E-state index contributed by atoms with van der Waals surface area (Å²) in [6.45, 7) is 13.9. The number of methoxy groups -OCH3 is 1. The topological polar surface area (TPSA) is 134 Å². The molecule has 3 amide bonds. The minimum Gasteiger partial charge on any atom is -0.467 e. The number of carbonyl (C=O) groups is 4. The zero-order chi connectivity index (χ0) is 28.3. The van der Waals surface area contributed by atoms with Crippen molar-refractivity contribution in [3.8, 4) is 0 Å². The zero-order valence-corrected chi connectivity index (χ0v) is 23.5. The molecule has 0 spiro atoms. The Kier molecular flexibility index (Phi) is 13.3. The van der Waals surface area contributed by atoms with Crippen LogP contribution in [-0.2, 0) is 14.3 Å². The summed E-state index contributed by atoms with van der Waals surface area (Å²) in [6.07, 6.45) is -0.207. The summed E-state index contributed by atoms with van der Waals surface area (Å²) >= 11 is 0. The molecule has 1 unspecified atom stereocenters. The van der Waals surface area contributed by atoms with Crippen LogP contribution in [0.5, 0.6) is 0 Å².